The molecule has 0 aliphatic heterocycles. The highest BCUT2D eigenvalue weighted by Gasteiger charge is 2.11. The second kappa shape index (κ2) is 6.78. The molecule has 0 aliphatic carbocycles. The van der Waals surface area contributed by atoms with Gasteiger partial charge in [0.15, 0.2) is 0 Å². The van der Waals surface area contributed by atoms with E-state index in [0.29, 0.717) is 17.9 Å². The first-order valence-corrected chi connectivity index (χ1v) is 7.02. The van der Waals surface area contributed by atoms with Crippen LogP contribution in [-0.2, 0) is 12.8 Å². The third kappa shape index (κ3) is 3.99. The van der Waals surface area contributed by atoms with Crippen molar-refractivity contribution in [2.45, 2.75) is 25.9 Å². The van der Waals surface area contributed by atoms with Crippen molar-refractivity contribution in [2.75, 3.05) is 7.11 Å². The number of ether oxygens (including phenoxy) is 1. The molecule has 1 unspecified atom stereocenters. The standard InChI is InChI=1S/C17H19ClO2/c1-12-6-7-17(20-2)14(8-12)11-16(19)10-13-4-3-5-15(18)9-13/h3-9,16,19H,10-11H2,1-2H3. The highest BCUT2D eigenvalue weighted by atomic mass is 35.5. The van der Waals surface area contributed by atoms with E-state index in [4.69, 9.17) is 16.3 Å². The van der Waals surface area contributed by atoms with Crippen LogP contribution in [0, 0.1) is 6.92 Å². The van der Waals surface area contributed by atoms with Crippen LogP contribution in [0.5, 0.6) is 5.75 Å². The van der Waals surface area contributed by atoms with Crippen LogP contribution in [-0.4, -0.2) is 18.3 Å². The van der Waals surface area contributed by atoms with Crippen LogP contribution in [0.3, 0.4) is 0 Å². The molecule has 2 rings (SSSR count). The summed E-state index contributed by atoms with van der Waals surface area (Å²) in [4.78, 5) is 0. The van der Waals surface area contributed by atoms with Gasteiger partial charge in [-0.05, 0) is 42.7 Å². The van der Waals surface area contributed by atoms with Gasteiger partial charge < -0.3 is 9.84 Å². The number of methoxy groups -OCH3 is 1. The summed E-state index contributed by atoms with van der Waals surface area (Å²) in [6.45, 7) is 2.03. The van der Waals surface area contributed by atoms with E-state index in [1.165, 1.54) is 0 Å². The number of rotatable bonds is 5. The summed E-state index contributed by atoms with van der Waals surface area (Å²) in [5, 5.41) is 11.0. The Hall–Kier alpha value is -1.51. The number of aliphatic hydroxyl groups excluding tert-OH is 1. The SMILES string of the molecule is COc1ccc(C)cc1CC(O)Cc1cccc(Cl)c1. The molecule has 0 aliphatic rings. The lowest BCUT2D eigenvalue weighted by atomic mass is 9.99. The molecule has 0 aromatic heterocycles. The molecule has 1 atom stereocenters. The Kier molecular flexibility index (Phi) is 5.05. The van der Waals surface area contributed by atoms with E-state index >= 15 is 0 Å². The van der Waals surface area contributed by atoms with Gasteiger partial charge in [0, 0.05) is 11.4 Å². The molecule has 0 heterocycles. The average Bonchev–Trinajstić information content (AvgIpc) is 2.38. The van der Waals surface area contributed by atoms with Gasteiger partial charge in [0.2, 0.25) is 0 Å². The van der Waals surface area contributed by atoms with Crippen molar-refractivity contribution in [1.82, 2.24) is 0 Å². The van der Waals surface area contributed by atoms with E-state index in [-0.39, 0.29) is 0 Å². The number of halogens is 1. The lowest BCUT2D eigenvalue weighted by Crippen LogP contribution is -2.14. The minimum absolute atomic E-state index is 0.454. The highest BCUT2D eigenvalue weighted by molar-refractivity contribution is 6.30. The third-order valence-corrected chi connectivity index (χ3v) is 3.49. The average molecular weight is 291 g/mol. The van der Waals surface area contributed by atoms with Gasteiger partial charge in [0.1, 0.15) is 5.75 Å². The fourth-order valence-electron chi connectivity index (χ4n) is 2.33. The molecular weight excluding hydrogens is 272 g/mol. The molecule has 2 aromatic rings. The molecule has 20 heavy (non-hydrogen) atoms. The van der Waals surface area contributed by atoms with E-state index in [0.717, 1.165) is 22.4 Å². The molecule has 0 saturated carbocycles. The van der Waals surface area contributed by atoms with Crippen molar-refractivity contribution in [1.29, 1.82) is 0 Å². The predicted molar refractivity (Wildman–Crippen MR) is 82.6 cm³/mol. The smallest absolute Gasteiger partial charge is 0.122 e. The van der Waals surface area contributed by atoms with Gasteiger partial charge in [0.25, 0.3) is 0 Å². The first-order valence-electron chi connectivity index (χ1n) is 6.64. The molecule has 2 nitrogen and oxygen atoms in total. The predicted octanol–water partition coefficient (Wildman–Crippen LogP) is 3.80. The van der Waals surface area contributed by atoms with Crippen molar-refractivity contribution < 1.29 is 9.84 Å². The minimum Gasteiger partial charge on any atom is -0.496 e. The van der Waals surface area contributed by atoms with Gasteiger partial charge in [-0.15, -0.1) is 0 Å². The number of benzene rings is 2. The van der Waals surface area contributed by atoms with Crippen LogP contribution >= 0.6 is 11.6 Å². The van der Waals surface area contributed by atoms with Gasteiger partial charge in [-0.1, -0.05) is 41.4 Å². The van der Waals surface area contributed by atoms with E-state index in [1.54, 1.807) is 7.11 Å². The summed E-state index contributed by atoms with van der Waals surface area (Å²) in [7, 11) is 1.65. The second-order valence-corrected chi connectivity index (χ2v) is 5.44. The number of aliphatic hydroxyl groups is 1. The Labute approximate surface area is 125 Å². The molecule has 0 fully saturated rings. The summed E-state index contributed by atoms with van der Waals surface area (Å²) < 4.78 is 5.34. The molecule has 0 saturated heterocycles. The molecule has 1 N–H and O–H groups in total. The quantitative estimate of drug-likeness (QED) is 0.907. The monoisotopic (exact) mass is 290 g/mol. The second-order valence-electron chi connectivity index (χ2n) is 5.01. The Morgan fingerprint density at radius 2 is 1.95 bits per heavy atom. The molecule has 3 heteroatoms. The van der Waals surface area contributed by atoms with E-state index < -0.39 is 6.10 Å². The van der Waals surface area contributed by atoms with Gasteiger partial charge in [-0.25, -0.2) is 0 Å². The van der Waals surface area contributed by atoms with Crippen molar-refractivity contribution in [3.05, 3.63) is 64.2 Å². The normalized spacial score (nSPS) is 12.2. The minimum atomic E-state index is -0.454. The zero-order chi connectivity index (χ0) is 14.5. The van der Waals surface area contributed by atoms with Crippen LogP contribution in [0.15, 0.2) is 42.5 Å². The molecular formula is C17H19ClO2. The largest absolute Gasteiger partial charge is 0.496 e. The fraction of sp³-hybridized carbons (Fsp3) is 0.294. The van der Waals surface area contributed by atoms with Crippen molar-refractivity contribution >= 4 is 11.6 Å². The summed E-state index contributed by atoms with van der Waals surface area (Å²) in [5.74, 6) is 0.820. The molecule has 0 bridgehead atoms. The molecule has 106 valence electrons. The Balaban J connectivity index is 2.08. The Morgan fingerprint density at radius 1 is 1.15 bits per heavy atom. The Bertz CT molecular complexity index is 581. The van der Waals surface area contributed by atoms with Gasteiger partial charge in [-0.3, -0.25) is 0 Å². The maximum Gasteiger partial charge on any atom is 0.122 e. The maximum atomic E-state index is 10.3. The fourth-order valence-corrected chi connectivity index (χ4v) is 2.54. The van der Waals surface area contributed by atoms with E-state index in [9.17, 15) is 5.11 Å². The highest BCUT2D eigenvalue weighted by Crippen LogP contribution is 2.22. The van der Waals surface area contributed by atoms with E-state index in [1.807, 2.05) is 43.3 Å². The lowest BCUT2D eigenvalue weighted by molar-refractivity contribution is 0.174. The molecule has 2 aromatic carbocycles. The Morgan fingerprint density at radius 3 is 2.65 bits per heavy atom. The van der Waals surface area contributed by atoms with Crippen LogP contribution in [0.25, 0.3) is 0 Å². The summed E-state index contributed by atoms with van der Waals surface area (Å²) >= 11 is 5.96. The van der Waals surface area contributed by atoms with Crippen molar-refractivity contribution in [3.63, 3.8) is 0 Å². The van der Waals surface area contributed by atoms with Crippen molar-refractivity contribution in [3.8, 4) is 5.75 Å². The number of hydrogen-bond acceptors (Lipinski definition) is 2. The zero-order valence-corrected chi connectivity index (χ0v) is 12.5. The first-order chi connectivity index (χ1) is 9.58. The molecule has 0 radical (unpaired) electrons. The van der Waals surface area contributed by atoms with E-state index in [2.05, 4.69) is 6.07 Å². The maximum absolute atomic E-state index is 10.3. The van der Waals surface area contributed by atoms with Gasteiger partial charge in [0.05, 0.1) is 13.2 Å². The summed E-state index contributed by atoms with van der Waals surface area (Å²) in [5.41, 5.74) is 3.23. The summed E-state index contributed by atoms with van der Waals surface area (Å²) in [6, 6.07) is 13.6. The first kappa shape index (κ1) is 14.9. The summed E-state index contributed by atoms with van der Waals surface area (Å²) in [6.07, 6.45) is 0.693. The van der Waals surface area contributed by atoms with Crippen LogP contribution in [0.1, 0.15) is 16.7 Å². The lowest BCUT2D eigenvalue weighted by Gasteiger charge is -2.14. The van der Waals surface area contributed by atoms with Gasteiger partial charge in [-0.2, -0.15) is 0 Å². The number of hydrogen-bond donors (Lipinski definition) is 1. The van der Waals surface area contributed by atoms with Crippen LogP contribution in [0.2, 0.25) is 5.02 Å². The van der Waals surface area contributed by atoms with Gasteiger partial charge >= 0.3 is 0 Å². The topological polar surface area (TPSA) is 29.5 Å². The third-order valence-electron chi connectivity index (χ3n) is 3.25. The van der Waals surface area contributed by atoms with Crippen LogP contribution in [0.4, 0.5) is 0 Å². The molecule has 0 spiro atoms. The molecule has 0 amide bonds. The van der Waals surface area contributed by atoms with Crippen LogP contribution < -0.4 is 4.74 Å². The van der Waals surface area contributed by atoms with Crippen molar-refractivity contribution in [2.24, 2.45) is 0 Å². The number of aryl methyl sites for hydroxylation is 1. The zero-order valence-electron chi connectivity index (χ0n) is 11.8.